The summed E-state index contributed by atoms with van der Waals surface area (Å²) in [6.07, 6.45) is 3.57. The fourth-order valence-electron chi connectivity index (χ4n) is 1.39. The first kappa shape index (κ1) is 10.6. The highest BCUT2D eigenvalue weighted by atomic mass is 32.1. The van der Waals surface area contributed by atoms with E-state index in [1.54, 1.807) is 6.21 Å². The third kappa shape index (κ3) is 2.18. The van der Waals surface area contributed by atoms with Crippen molar-refractivity contribution in [3.05, 3.63) is 36.0 Å². The molecular weight excluding hydrogens is 222 g/mol. The van der Waals surface area contributed by atoms with E-state index in [4.69, 9.17) is 18.1 Å². The SMILES string of the molecule is NNC(=S)NN=Cc1c[nH]c2ccccc12. The van der Waals surface area contributed by atoms with Crippen molar-refractivity contribution < 1.29 is 0 Å². The van der Waals surface area contributed by atoms with Crippen molar-refractivity contribution in [1.82, 2.24) is 15.8 Å². The average molecular weight is 233 g/mol. The Morgan fingerprint density at radius 3 is 3.06 bits per heavy atom. The van der Waals surface area contributed by atoms with Crippen LogP contribution in [-0.2, 0) is 0 Å². The van der Waals surface area contributed by atoms with Gasteiger partial charge in [-0.05, 0) is 18.3 Å². The zero-order valence-corrected chi connectivity index (χ0v) is 9.21. The van der Waals surface area contributed by atoms with Gasteiger partial charge in [0.25, 0.3) is 0 Å². The number of hydrogen-bond donors (Lipinski definition) is 4. The van der Waals surface area contributed by atoms with Crippen LogP contribution in [0.15, 0.2) is 35.6 Å². The Hall–Kier alpha value is -1.92. The van der Waals surface area contributed by atoms with Gasteiger partial charge in [-0.15, -0.1) is 0 Å². The van der Waals surface area contributed by atoms with Crippen LogP contribution in [0.4, 0.5) is 0 Å². The van der Waals surface area contributed by atoms with E-state index in [9.17, 15) is 0 Å². The molecule has 1 aromatic heterocycles. The van der Waals surface area contributed by atoms with Gasteiger partial charge in [0.05, 0.1) is 6.21 Å². The molecule has 2 aromatic rings. The lowest BCUT2D eigenvalue weighted by Gasteiger charge is -1.98. The Morgan fingerprint density at radius 1 is 1.44 bits per heavy atom. The molecule has 0 aliphatic heterocycles. The van der Waals surface area contributed by atoms with Gasteiger partial charge in [-0.3, -0.25) is 10.9 Å². The first-order valence-corrected chi connectivity index (χ1v) is 5.08. The lowest BCUT2D eigenvalue weighted by molar-refractivity contribution is 0.930. The minimum absolute atomic E-state index is 0.274. The fourth-order valence-corrected chi connectivity index (χ4v) is 1.45. The maximum atomic E-state index is 5.09. The van der Waals surface area contributed by atoms with Gasteiger partial charge in [0.2, 0.25) is 5.11 Å². The molecule has 0 saturated carbocycles. The predicted octanol–water partition coefficient (Wildman–Crippen LogP) is 0.840. The highest BCUT2D eigenvalue weighted by Crippen LogP contribution is 2.15. The molecule has 1 aromatic carbocycles. The number of benzene rings is 1. The Labute approximate surface area is 97.7 Å². The molecule has 2 rings (SSSR count). The smallest absolute Gasteiger partial charge is 0.201 e. The molecule has 0 saturated heterocycles. The second kappa shape index (κ2) is 4.73. The van der Waals surface area contributed by atoms with Crippen LogP contribution in [0.25, 0.3) is 10.9 Å². The standard InChI is InChI=1S/C10H11N5S/c11-14-10(16)15-13-6-7-5-12-9-4-2-1-3-8(7)9/h1-6,12H,11H2,(H2,14,15,16). The molecule has 0 amide bonds. The maximum absolute atomic E-state index is 5.09. The summed E-state index contributed by atoms with van der Waals surface area (Å²) in [4.78, 5) is 3.15. The van der Waals surface area contributed by atoms with E-state index < -0.39 is 0 Å². The van der Waals surface area contributed by atoms with Gasteiger partial charge < -0.3 is 4.98 Å². The minimum Gasteiger partial charge on any atom is -0.361 e. The number of nitrogens with one attached hydrogen (secondary N) is 3. The van der Waals surface area contributed by atoms with E-state index in [0.717, 1.165) is 16.5 Å². The summed E-state index contributed by atoms with van der Waals surface area (Å²) in [6, 6.07) is 7.98. The second-order valence-corrected chi connectivity index (χ2v) is 3.54. The molecule has 16 heavy (non-hydrogen) atoms. The third-order valence-corrected chi connectivity index (χ3v) is 2.33. The highest BCUT2D eigenvalue weighted by molar-refractivity contribution is 7.80. The van der Waals surface area contributed by atoms with E-state index in [0.29, 0.717) is 0 Å². The molecule has 0 spiro atoms. The maximum Gasteiger partial charge on any atom is 0.201 e. The summed E-state index contributed by atoms with van der Waals surface area (Å²) < 4.78 is 0. The summed E-state index contributed by atoms with van der Waals surface area (Å²) in [5, 5.41) is 5.34. The molecule has 0 bridgehead atoms. The summed E-state index contributed by atoms with van der Waals surface area (Å²) in [5.74, 6) is 5.09. The number of rotatable bonds is 2. The van der Waals surface area contributed by atoms with Gasteiger partial charge in [0.15, 0.2) is 0 Å². The van der Waals surface area contributed by atoms with Crippen molar-refractivity contribution in [2.24, 2.45) is 10.9 Å². The number of para-hydroxylation sites is 1. The van der Waals surface area contributed by atoms with Gasteiger partial charge in [-0.25, -0.2) is 5.84 Å². The molecule has 1 heterocycles. The molecular formula is C10H11N5S. The first-order chi connectivity index (χ1) is 7.81. The Morgan fingerprint density at radius 2 is 2.25 bits per heavy atom. The molecule has 0 aliphatic rings. The van der Waals surface area contributed by atoms with Crippen LogP contribution < -0.4 is 16.7 Å². The quantitative estimate of drug-likeness (QED) is 0.268. The molecule has 6 heteroatoms. The van der Waals surface area contributed by atoms with Crippen molar-refractivity contribution in [2.45, 2.75) is 0 Å². The van der Waals surface area contributed by atoms with E-state index in [-0.39, 0.29) is 5.11 Å². The summed E-state index contributed by atoms with van der Waals surface area (Å²) in [5.41, 5.74) is 6.93. The van der Waals surface area contributed by atoms with Crippen molar-refractivity contribution >= 4 is 34.4 Å². The highest BCUT2D eigenvalue weighted by Gasteiger charge is 1.99. The number of hydrogen-bond acceptors (Lipinski definition) is 3. The van der Waals surface area contributed by atoms with Crippen LogP contribution in [0.2, 0.25) is 0 Å². The first-order valence-electron chi connectivity index (χ1n) is 4.67. The van der Waals surface area contributed by atoms with Crippen LogP contribution in [0.5, 0.6) is 0 Å². The molecule has 0 unspecified atom stereocenters. The molecule has 0 aliphatic carbocycles. The van der Waals surface area contributed by atoms with E-state index in [2.05, 4.69) is 20.9 Å². The van der Waals surface area contributed by atoms with Crippen LogP contribution >= 0.6 is 12.2 Å². The normalized spacial score (nSPS) is 10.8. The molecule has 0 atom stereocenters. The predicted molar refractivity (Wildman–Crippen MR) is 68.9 cm³/mol. The van der Waals surface area contributed by atoms with Gasteiger partial charge in [0.1, 0.15) is 0 Å². The number of fused-ring (bicyclic) bond motifs is 1. The van der Waals surface area contributed by atoms with Gasteiger partial charge in [-0.2, -0.15) is 5.10 Å². The van der Waals surface area contributed by atoms with Crippen molar-refractivity contribution in [3.8, 4) is 0 Å². The Bertz CT molecular complexity index is 531. The van der Waals surface area contributed by atoms with Gasteiger partial charge >= 0.3 is 0 Å². The molecule has 0 fully saturated rings. The van der Waals surface area contributed by atoms with Crippen LogP contribution in [-0.4, -0.2) is 16.3 Å². The number of aromatic amines is 1. The van der Waals surface area contributed by atoms with E-state index in [1.807, 2.05) is 30.5 Å². The molecule has 82 valence electrons. The van der Waals surface area contributed by atoms with Crippen LogP contribution in [0, 0.1) is 0 Å². The zero-order valence-electron chi connectivity index (χ0n) is 8.40. The number of H-pyrrole nitrogens is 1. The number of nitrogens with two attached hydrogens (primary N) is 1. The van der Waals surface area contributed by atoms with Crippen LogP contribution in [0.1, 0.15) is 5.56 Å². The minimum atomic E-state index is 0.274. The number of thiocarbonyl (C=S) groups is 1. The monoisotopic (exact) mass is 233 g/mol. The molecule has 5 N–H and O–H groups in total. The van der Waals surface area contributed by atoms with Crippen molar-refractivity contribution in [2.75, 3.05) is 0 Å². The van der Waals surface area contributed by atoms with Gasteiger partial charge in [-0.1, -0.05) is 18.2 Å². The van der Waals surface area contributed by atoms with E-state index in [1.165, 1.54) is 0 Å². The van der Waals surface area contributed by atoms with Crippen molar-refractivity contribution in [3.63, 3.8) is 0 Å². The summed E-state index contributed by atoms with van der Waals surface area (Å²) in [6.45, 7) is 0. The van der Waals surface area contributed by atoms with Gasteiger partial charge in [0, 0.05) is 22.7 Å². The summed E-state index contributed by atoms with van der Waals surface area (Å²) in [7, 11) is 0. The Kier molecular flexibility index (Phi) is 3.13. The average Bonchev–Trinajstić information content (AvgIpc) is 2.73. The van der Waals surface area contributed by atoms with Crippen molar-refractivity contribution in [1.29, 1.82) is 0 Å². The second-order valence-electron chi connectivity index (χ2n) is 3.13. The fraction of sp³-hybridized carbons (Fsp3) is 0. The molecule has 0 radical (unpaired) electrons. The van der Waals surface area contributed by atoms with Crippen LogP contribution in [0.3, 0.4) is 0 Å². The lowest BCUT2D eigenvalue weighted by Crippen LogP contribution is -2.37. The largest absolute Gasteiger partial charge is 0.361 e. The Balaban J connectivity index is 2.18. The lowest BCUT2D eigenvalue weighted by atomic mass is 10.2. The topological polar surface area (TPSA) is 78.2 Å². The number of aromatic nitrogens is 1. The number of hydrazone groups is 1. The third-order valence-electron chi connectivity index (χ3n) is 2.12. The zero-order chi connectivity index (χ0) is 11.4. The number of hydrazine groups is 1. The number of nitrogens with zero attached hydrogens (tertiary/aromatic N) is 1. The van der Waals surface area contributed by atoms with E-state index >= 15 is 0 Å². The molecule has 5 nitrogen and oxygen atoms in total. The summed E-state index contributed by atoms with van der Waals surface area (Å²) >= 11 is 4.78.